The molecule has 51 heavy (non-hydrogen) atoms. The lowest BCUT2D eigenvalue weighted by Crippen LogP contribution is -2.12. The lowest BCUT2D eigenvalue weighted by Gasteiger charge is -2.29. The van der Waals surface area contributed by atoms with Gasteiger partial charge >= 0.3 is 0 Å². The molecule has 0 fully saturated rings. The van der Waals surface area contributed by atoms with E-state index in [-0.39, 0.29) is 0 Å². The first-order valence-electron chi connectivity index (χ1n) is 17.4. The van der Waals surface area contributed by atoms with Crippen molar-refractivity contribution in [3.05, 3.63) is 194 Å². The first kappa shape index (κ1) is 29.5. The van der Waals surface area contributed by atoms with E-state index in [0.29, 0.717) is 0 Å². The van der Waals surface area contributed by atoms with Crippen LogP contribution in [0.1, 0.15) is 0 Å². The first-order valence-corrected chi connectivity index (χ1v) is 18.2. The van der Waals surface area contributed by atoms with Gasteiger partial charge in [0.1, 0.15) is 0 Å². The molecule has 0 atom stereocenters. The summed E-state index contributed by atoms with van der Waals surface area (Å²) in [5.74, 6) is 0. The standard InChI is InChI=1S/C48H32N2S/c1-3-15-33(16-4-1)38-21-7-10-24-42(38)50(37-20-13-17-34(31-37)35-29-30-47-41(32-35)39-22-9-12-28-46(39)51-47)45-27-14-26-44-48(45)40-23-8-11-25-43(40)49(44)36-18-5-2-6-19-36/h1-32H. The van der Waals surface area contributed by atoms with Crippen LogP contribution in [-0.2, 0) is 0 Å². The lowest BCUT2D eigenvalue weighted by atomic mass is 9.99. The predicted molar refractivity (Wildman–Crippen MR) is 219 cm³/mol. The third kappa shape index (κ3) is 4.93. The van der Waals surface area contributed by atoms with Gasteiger partial charge < -0.3 is 9.47 Å². The van der Waals surface area contributed by atoms with Crippen molar-refractivity contribution in [2.75, 3.05) is 4.90 Å². The predicted octanol–water partition coefficient (Wildman–Crippen LogP) is 14.0. The minimum atomic E-state index is 1.11. The molecule has 3 heteroatoms. The average molecular weight is 669 g/mol. The van der Waals surface area contributed by atoms with Gasteiger partial charge in [-0.1, -0.05) is 127 Å². The van der Waals surface area contributed by atoms with Crippen LogP contribution in [0.25, 0.3) is 69.9 Å². The molecule has 0 aliphatic heterocycles. The van der Waals surface area contributed by atoms with E-state index in [0.717, 1.165) is 22.7 Å². The van der Waals surface area contributed by atoms with E-state index in [1.807, 2.05) is 11.3 Å². The topological polar surface area (TPSA) is 8.17 Å². The summed E-state index contributed by atoms with van der Waals surface area (Å²) >= 11 is 1.86. The number of hydrogen-bond donors (Lipinski definition) is 0. The molecule has 240 valence electrons. The van der Waals surface area contributed by atoms with Crippen LogP contribution in [0, 0.1) is 0 Å². The number of nitrogens with zero attached hydrogens (tertiary/aromatic N) is 2. The third-order valence-electron chi connectivity index (χ3n) is 9.98. The van der Waals surface area contributed by atoms with Crippen molar-refractivity contribution in [2.24, 2.45) is 0 Å². The monoisotopic (exact) mass is 668 g/mol. The summed E-state index contributed by atoms with van der Waals surface area (Å²) in [5.41, 5.74) is 11.6. The Morgan fingerprint density at radius 2 is 1.02 bits per heavy atom. The molecule has 0 spiro atoms. The molecule has 8 aromatic carbocycles. The van der Waals surface area contributed by atoms with Crippen LogP contribution in [0.2, 0.25) is 0 Å². The molecule has 0 amide bonds. The Morgan fingerprint density at radius 1 is 0.392 bits per heavy atom. The smallest absolute Gasteiger partial charge is 0.0562 e. The van der Waals surface area contributed by atoms with Crippen LogP contribution >= 0.6 is 11.3 Å². The molecular formula is C48H32N2S. The highest BCUT2D eigenvalue weighted by Crippen LogP contribution is 2.47. The first-order chi connectivity index (χ1) is 25.3. The van der Waals surface area contributed by atoms with Gasteiger partial charge in [-0.15, -0.1) is 11.3 Å². The molecule has 10 rings (SSSR count). The lowest BCUT2D eigenvalue weighted by molar-refractivity contribution is 1.18. The molecule has 0 aliphatic rings. The van der Waals surface area contributed by atoms with E-state index < -0.39 is 0 Å². The van der Waals surface area contributed by atoms with Crippen LogP contribution in [0.3, 0.4) is 0 Å². The van der Waals surface area contributed by atoms with Crippen molar-refractivity contribution in [3.8, 4) is 27.9 Å². The maximum absolute atomic E-state index is 2.47. The molecule has 2 aromatic heterocycles. The molecule has 0 unspecified atom stereocenters. The zero-order valence-corrected chi connectivity index (χ0v) is 28.6. The summed E-state index contributed by atoms with van der Waals surface area (Å²) in [6.45, 7) is 0. The SMILES string of the molecule is c1ccc(-c2ccccc2N(c2cccc(-c3ccc4sc5ccccc5c4c3)c2)c2cccc3c2c2ccccc2n3-c2ccccc2)cc1. The number of fused-ring (bicyclic) bond motifs is 6. The van der Waals surface area contributed by atoms with Crippen molar-refractivity contribution in [3.63, 3.8) is 0 Å². The van der Waals surface area contributed by atoms with Gasteiger partial charge in [-0.3, -0.25) is 0 Å². The average Bonchev–Trinajstić information content (AvgIpc) is 3.75. The molecule has 10 aromatic rings. The quantitative estimate of drug-likeness (QED) is 0.171. The minimum Gasteiger partial charge on any atom is -0.309 e. The van der Waals surface area contributed by atoms with Gasteiger partial charge in [0.2, 0.25) is 0 Å². The Balaban J connectivity index is 1.24. The van der Waals surface area contributed by atoms with Crippen LogP contribution in [0.15, 0.2) is 194 Å². The minimum absolute atomic E-state index is 1.11. The fourth-order valence-corrected chi connectivity index (χ4v) is 8.80. The zero-order valence-electron chi connectivity index (χ0n) is 27.8. The summed E-state index contributed by atoms with van der Waals surface area (Å²) in [5, 5.41) is 5.06. The molecule has 0 aliphatic carbocycles. The second kappa shape index (κ2) is 12.2. The zero-order chi connectivity index (χ0) is 33.7. The van der Waals surface area contributed by atoms with E-state index in [2.05, 4.69) is 204 Å². The maximum Gasteiger partial charge on any atom is 0.0562 e. The van der Waals surface area contributed by atoms with Gasteiger partial charge in [0, 0.05) is 47.9 Å². The van der Waals surface area contributed by atoms with E-state index in [9.17, 15) is 0 Å². The Hall–Kier alpha value is -6.42. The number of aromatic nitrogens is 1. The van der Waals surface area contributed by atoms with Gasteiger partial charge in [-0.2, -0.15) is 0 Å². The summed E-state index contributed by atoms with van der Waals surface area (Å²) in [6, 6.07) is 70.4. The fourth-order valence-electron chi connectivity index (χ4n) is 7.71. The van der Waals surface area contributed by atoms with Gasteiger partial charge in [-0.25, -0.2) is 0 Å². The van der Waals surface area contributed by atoms with Crippen molar-refractivity contribution >= 4 is 70.4 Å². The normalized spacial score (nSPS) is 11.5. The molecule has 0 N–H and O–H groups in total. The fraction of sp³-hybridized carbons (Fsp3) is 0. The Morgan fingerprint density at radius 3 is 1.90 bits per heavy atom. The van der Waals surface area contributed by atoms with E-state index in [1.54, 1.807) is 0 Å². The largest absolute Gasteiger partial charge is 0.309 e. The number of thiophene rings is 1. The summed E-state index contributed by atoms with van der Waals surface area (Å²) in [4.78, 5) is 2.47. The number of rotatable bonds is 6. The maximum atomic E-state index is 2.47. The van der Waals surface area contributed by atoms with Gasteiger partial charge in [0.15, 0.2) is 0 Å². The molecule has 0 saturated carbocycles. The molecule has 2 nitrogen and oxygen atoms in total. The number of hydrogen-bond acceptors (Lipinski definition) is 2. The Bertz CT molecular complexity index is 2860. The Labute approximate surface area is 300 Å². The van der Waals surface area contributed by atoms with Gasteiger partial charge in [-0.05, 0) is 83.4 Å². The van der Waals surface area contributed by atoms with E-state index in [1.165, 1.54) is 64.2 Å². The van der Waals surface area contributed by atoms with Crippen LogP contribution < -0.4 is 4.90 Å². The van der Waals surface area contributed by atoms with Crippen LogP contribution in [0.4, 0.5) is 17.1 Å². The highest BCUT2D eigenvalue weighted by atomic mass is 32.1. The summed E-state index contributed by atoms with van der Waals surface area (Å²) in [7, 11) is 0. The summed E-state index contributed by atoms with van der Waals surface area (Å²) < 4.78 is 5.03. The molecule has 0 radical (unpaired) electrons. The second-order valence-corrected chi connectivity index (χ2v) is 14.0. The molecule has 0 bridgehead atoms. The van der Waals surface area contributed by atoms with Crippen molar-refractivity contribution in [1.82, 2.24) is 4.57 Å². The number of anilines is 3. The molecule has 2 heterocycles. The summed E-state index contributed by atoms with van der Waals surface area (Å²) in [6.07, 6.45) is 0. The van der Waals surface area contributed by atoms with E-state index >= 15 is 0 Å². The van der Waals surface area contributed by atoms with Gasteiger partial charge in [0.05, 0.1) is 22.4 Å². The van der Waals surface area contributed by atoms with Crippen molar-refractivity contribution in [2.45, 2.75) is 0 Å². The highest BCUT2D eigenvalue weighted by Gasteiger charge is 2.23. The molecule has 0 saturated heterocycles. The highest BCUT2D eigenvalue weighted by molar-refractivity contribution is 7.25. The van der Waals surface area contributed by atoms with Crippen molar-refractivity contribution < 1.29 is 0 Å². The van der Waals surface area contributed by atoms with Crippen LogP contribution in [-0.4, -0.2) is 4.57 Å². The van der Waals surface area contributed by atoms with Crippen LogP contribution in [0.5, 0.6) is 0 Å². The molecular weight excluding hydrogens is 637 g/mol. The Kier molecular flexibility index (Phi) is 7.04. The van der Waals surface area contributed by atoms with Gasteiger partial charge in [0.25, 0.3) is 0 Å². The number of benzene rings is 8. The van der Waals surface area contributed by atoms with Crippen molar-refractivity contribution in [1.29, 1.82) is 0 Å². The second-order valence-electron chi connectivity index (χ2n) is 12.9. The third-order valence-corrected chi connectivity index (χ3v) is 11.1. The number of para-hydroxylation sites is 3. The van der Waals surface area contributed by atoms with E-state index in [4.69, 9.17) is 0 Å².